The first-order valence-electron chi connectivity index (χ1n) is 5.78. The Morgan fingerprint density at radius 1 is 0.900 bits per heavy atom. The SMILES string of the molecule is O=C1C=CC(=O)N1Cc1ccc(C(O)O)c(C(O)O)c1. The van der Waals surface area contributed by atoms with Gasteiger partial charge in [-0.25, -0.2) is 0 Å². The molecule has 1 aromatic carbocycles. The minimum atomic E-state index is -1.89. The highest BCUT2D eigenvalue weighted by Crippen LogP contribution is 2.24. The minimum absolute atomic E-state index is 0.0355. The van der Waals surface area contributed by atoms with E-state index in [1.54, 1.807) is 0 Å². The number of amides is 2. The summed E-state index contributed by atoms with van der Waals surface area (Å²) in [4.78, 5) is 23.8. The van der Waals surface area contributed by atoms with Gasteiger partial charge in [0.15, 0.2) is 12.6 Å². The summed E-state index contributed by atoms with van der Waals surface area (Å²) in [5.74, 6) is -0.903. The summed E-state index contributed by atoms with van der Waals surface area (Å²) in [6.07, 6.45) is -1.45. The second-order valence-electron chi connectivity index (χ2n) is 4.31. The summed E-state index contributed by atoms with van der Waals surface area (Å²) >= 11 is 0. The van der Waals surface area contributed by atoms with E-state index in [4.69, 9.17) is 10.2 Å². The van der Waals surface area contributed by atoms with Gasteiger partial charge in [-0.05, 0) is 11.6 Å². The number of nitrogens with zero attached hydrogens (tertiary/aromatic N) is 1. The van der Waals surface area contributed by atoms with Gasteiger partial charge in [0, 0.05) is 23.3 Å². The molecule has 7 heteroatoms. The molecule has 2 amide bonds. The van der Waals surface area contributed by atoms with Gasteiger partial charge in [-0.2, -0.15) is 0 Å². The van der Waals surface area contributed by atoms with Crippen molar-refractivity contribution in [3.8, 4) is 0 Å². The zero-order valence-electron chi connectivity index (χ0n) is 10.3. The van der Waals surface area contributed by atoms with Gasteiger partial charge in [-0.1, -0.05) is 12.1 Å². The van der Waals surface area contributed by atoms with Crippen LogP contribution in [0.3, 0.4) is 0 Å². The van der Waals surface area contributed by atoms with Crippen LogP contribution in [-0.2, 0) is 16.1 Å². The van der Waals surface area contributed by atoms with Gasteiger partial charge in [0.2, 0.25) is 0 Å². The smallest absolute Gasteiger partial charge is 0.253 e. The van der Waals surface area contributed by atoms with Gasteiger partial charge < -0.3 is 20.4 Å². The minimum Gasteiger partial charge on any atom is -0.364 e. The van der Waals surface area contributed by atoms with Crippen molar-refractivity contribution in [3.63, 3.8) is 0 Å². The van der Waals surface area contributed by atoms with Crippen molar-refractivity contribution in [2.75, 3.05) is 0 Å². The molecule has 1 heterocycles. The second-order valence-corrected chi connectivity index (χ2v) is 4.31. The molecule has 0 unspecified atom stereocenters. The maximum Gasteiger partial charge on any atom is 0.253 e. The topological polar surface area (TPSA) is 118 Å². The van der Waals surface area contributed by atoms with E-state index in [0.29, 0.717) is 5.56 Å². The molecular weight excluding hydrogens is 266 g/mol. The Bertz CT molecular complexity index is 560. The largest absolute Gasteiger partial charge is 0.364 e. The van der Waals surface area contributed by atoms with Crippen LogP contribution < -0.4 is 0 Å². The third kappa shape index (κ3) is 2.75. The van der Waals surface area contributed by atoms with Crippen molar-refractivity contribution in [2.24, 2.45) is 0 Å². The average Bonchev–Trinajstić information content (AvgIpc) is 2.70. The van der Waals surface area contributed by atoms with Crippen LogP contribution in [0.25, 0.3) is 0 Å². The van der Waals surface area contributed by atoms with E-state index >= 15 is 0 Å². The molecule has 0 aliphatic carbocycles. The molecule has 0 aromatic heterocycles. The molecule has 0 bridgehead atoms. The Labute approximate surface area is 114 Å². The predicted molar refractivity (Wildman–Crippen MR) is 65.5 cm³/mol. The van der Waals surface area contributed by atoms with E-state index < -0.39 is 24.4 Å². The number of rotatable bonds is 4. The van der Waals surface area contributed by atoms with Crippen molar-refractivity contribution in [1.29, 1.82) is 0 Å². The summed E-state index contributed by atoms with van der Waals surface area (Å²) < 4.78 is 0. The summed E-state index contributed by atoms with van der Waals surface area (Å²) in [5.41, 5.74) is 0.313. The number of aliphatic hydroxyl groups is 4. The maximum atomic E-state index is 11.4. The highest BCUT2D eigenvalue weighted by Gasteiger charge is 2.24. The van der Waals surface area contributed by atoms with Crippen LogP contribution >= 0.6 is 0 Å². The highest BCUT2D eigenvalue weighted by molar-refractivity contribution is 6.12. The first-order valence-corrected chi connectivity index (χ1v) is 5.78. The molecule has 0 spiro atoms. The quantitative estimate of drug-likeness (QED) is 0.418. The normalized spacial score (nSPS) is 15.0. The Morgan fingerprint density at radius 2 is 1.45 bits per heavy atom. The van der Waals surface area contributed by atoms with Gasteiger partial charge in [0.1, 0.15) is 0 Å². The first-order chi connectivity index (χ1) is 9.40. The maximum absolute atomic E-state index is 11.4. The number of hydrogen-bond acceptors (Lipinski definition) is 6. The number of aliphatic hydroxyl groups excluding tert-OH is 2. The van der Waals surface area contributed by atoms with Crippen LogP contribution in [0.5, 0.6) is 0 Å². The predicted octanol–water partition coefficient (Wildman–Crippen LogP) is -0.922. The molecular formula is C13H13NO6. The molecule has 1 aliphatic rings. The first kappa shape index (κ1) is 14.4. The Balaban J connectivity index is 2.28. The zero-order chi connectivity index (χ0) is 14.9. The van der Waals surface area contributed by atoms with Crippen molar-refractivity contribution < 1.29 is 30.0 Å². The lowest BCUT2D eigenvalue weighted by molar-refractivity contribution is -0.137. The van der Waals surface area contributed by atoms with Crippen LogP contribution in [0.2, 0.25) is 0 Å². The standard InChI is InChI=1S/C13H13NO6/c15-10-3-4-11(16)14(10)6-7-1-2-8(12(17)18)9(5-7)13(19)20/h1-5,12-13,17-20H,6H2. The summed E-state index contributed by atoms with van der Waals surface area (Å²) in [5, 5.41) is 36.7. The summed E-state index contributed by atoms with van der Waals surface area (Å²) in [7, 11) is 0. The molecule has 0 saturated heterocycles. The van der Waals surface area contributed by atoms with Gasteiger partial charge in [0.25, 0.3) is 11.8 Å². The molecule has 0 radical (unpaired) electrons. The lowest BCUT2D eigenvalue weighted by Gasteiger charge is -2.17. The van der Waals surface area contributed by atoms with Gasteiger partial charge in [0.05, 0.1) is 6.54 Å². The van der Waals surface area contributed by atoms with E-state index in [9.17, 15) is 19.8 Å². The zero-order valence-corrected chi connectivity index (χ0v) is 10.3. The molecule has 20 heavy (non-hydrogen) atoms. The Kier molecular flexibility index (Phi) is 3.96. The average molecular weight is 279 g/mol. The molecule has 106 valence electrons. The van der Waals surface area contributed by atoms with Crippen LogP contribution in [0.15, 0.2) is 30.4 Å². The molecule has 0 saturated carbocycles. The lowest BCUT2D eigenvalue weighted by Crippen LogP contribution is -2.29. The molecule has 1 aromatic rings. The lowest BCUT2D eigenvalue weighted by atomic mass is 10.0. The van der Waals surface area contributed by atoms with Gasteiger partial charge in [-0.3, -0.25) is 14.5 Å². The van der Waals surface area contributed by atoms with Crippen molar-refractivity contribution in [3.05, 3.63) is 47.0 Å². The van der Waals surface area contributed by atoms with E-state index in [2.05, 4.69) is 0 Å². The fourth-order valence-electron chi connectivity index (χ4n) is 1.95. The van der Waals surface area contributed by atoms with E-state index in [-0.39, 0.29) is 17.7 Å². The number of hydrogen-bond donors (Lipinski definition) is 4. The third-order valence-corrected chi connectivity index (χ3v) is 2.95. The highest BCUT2D eigenvalue weighted by atomic mass is 16.5. The molecule has 2 rings (SSSR count). The van der Waals surface area contributed by atoms with E-state index in [1.165, 1.54) is 18.2 Å². The monoisotopic (exact) mass is 279 g/mol. The summed E-state index contributed by atoms with van der Waals surface area (Å²) in [6, 6.07) is 4.07. The van der Waals surface area contributed by atoms with Gasteiger partial charge in [-0.15, -0.1) is 0 Å². The third-order valence-electron chi connectivity index (χ3n) is 2.95. The molecule has 0 fully saturated rings. The number of benzene rings is 1. The molecule has 0 atom stereocenters. The molecule has 4 N–H and O–H groups in total. The van der Waals surface area contributed by atoms with Crippen LogP contribution in [0.1, 0.15) is 29.3 Å². The van der Waals surface area contributed by atoms with Crippen LogP contribution in [0.4, 0.5) is 0 Å². The van der Waals surface area contributed by atoms with Crippen LogP contribution in [-0.4, -0.2) is 37.1 Å². The van der Waals surface area contributed by atoms with Crippen molar-refractivity contribution in [2.45, 2.75) is 19.1 Å². The van der Waals surface area contributed by atoms with E-state index in [0.717, 1.165) is 17.1 Å². The second kappa shape index (κ2) is 5.51. The summed E-state index contributed by atoms with van der Waals surface area (Å²) in [6.45, 7) is -0.0355. The van der Waals surface area contributed by atoms with E-state index in [1.807, 2.05) is 0 Å². The fourth-order valence-corrected chi connectivity index (χ4v) is 1.95. The Hall–Kier alpha value is -2.06. The fraction of sp³-hybridized carbons (Fsp3) is 0.231. The van der Waals surface area contributed by atoms with Gasteiger partial charge >= 0.3 is 0 Å². The number of carbonyl (C=O) groups is 2. The molecule has 7 nitrogen and oxygen atoms in total. The number of carbonyl (C=O) groups excluding carboxylic acids is 2. The van der Waals surface area contributed by atoms with Crippen LogP contribution in [0, 0.1) is 0 Å². The Morgan fingerprint density at radius 3 is 1.95 bits per heavy atom. The number of imide groups is 1. The van der Waals surface area contributed by atoms with Crippen molar-refractivity contribution >= 4 is 11.8 Å². The van der Waals surface area contributed by atoms with Crippen molar-refractivity contribution in [1.82, 2.24) is 4.90 Å². The molecule has 1 aliphatic heterocycles.